The van der Waals surface area contributed by atoms with Gasteiger partial charge in [-0.2, -0.15) is 0 Å². The molecule has 1 N–H and O–H groups in total. The monoisotopic (exact) mass is 214 g/mol. The Morgan fingerprint density at radius 3 is 2.67 bits per heavy atom. The standard InChI is InChI=1S/C12H26N2O/c1-10(14(4)5)9-13-11-6-7-15-12(2,3)8-11/h10-11,13H,6-9H2,1-5H3. The summed E-state index contributed by atoms with van der Waals surface area (Å²) in [5.41, 5.74) is 0.0528. The molecule has 2 unspecified atom stereocenters. The molecule has 1 saturated heterocycles. The summed E-state index contributed by atoms with van der Waals surface area (Å²) in [6.45, 7) is 8.55. The van der Waals surface area contributed by atoms with Crippen LogP contribution in [0.1, 0.15) is 33.6 Å². The first-order chi connectivity index (χ1) is 6.91. The Labute approximate surface area is 94.2 Å². The van der Waals surface area contributed by atoms with E-state index in [2.05, 4.69) is 45.1 Å². The van der Waals surface area contributed by atoms with E-state index in [1.807, 2.05) is 0 Å². The molecule has 2 atom stereocenters. The minimum Gasteiger partial charge on any atom is -0.375 e. The minimum atomic E-state index is 0.0528. The van der Waals surface area contributed by atoms with E-state index >= 15 is 0 Å². The van der Waals surface area contributed by atoms with Crippen LogP contribution in [0.4, 0.5) is 0 Å². The lowest BCUT2D eigenvalue weighted by atomic mass is 9.94. The maximum absolute atomic E-state index is 5.70. The lowest BCUT2D eigenvalue weighted by molar-refractivity contribution is -0.0632. The molecule has 15 heavy (non-hydrogen) atoms. The highest BCUT2D eigenvalue weighted by atomic mass is 16.5. The zero-order valence-corrected chi connectivity index (χ0v) is 10.8. The van der Waals surface area contributed by atoms with Crippen LogP contribution in [0.5, 0.6) is 0 Å². The molecule has 3 heteroatoms. The van der Waals surface area contributed by atoms with Crippen LogP contribution in [0.2, 0.25) is 0 Å². The van der Waals surface area contributed by atoms with Crippen molar-refractivity contribution in [2.45, 2.75) is 51.3 Å². The van der Waals surface area contributed by atoms with Crippen molar-refractivity contribution in [3.05, 3.63) is 0 Å². The van der Waals surface area contributed by atoms with Gasteiger partial charge >= 0.3 is 0 Å². The highest BCUT2D eigenvalue weighted by Crippen LogP contribution is 2.23. The Bertz CT molecular complexity index is 192. The molecule has 0 aromatic rings. The van der Waals surface area contributed by atoms with E-state index in [1.165, 1.54) is 0 Å². The van der Waals surface area contributed by atoms with Gasteiger partial charge < -0.3 is 15.0 Å². The van der Waals surface area contributed by atoms with Crippen molar-refractivity contribution in [3.63, 3.8) is 0 Å². The van der Waals surface area contributed by atoms with Crippen molar-refractivity contribution in [3.8, 4) is 0 Å². The van der Waals surface area contributed by atoms with E-state index in [4.69, 9.17) is 4.74 Å². The molecule has 0 aliphatic carbocycles. The first-order valence-electron chi connectivity index (χ1n) is 5.94. The largest absolute Gasteiger partial charge is 0.375 e. The molecule has 0 saturated carbocycles. The average Bonchev–Trinajstić information content (AvgIpc) is 2.12. The SMILES string of the molecule is CC(CNC1CCOC(C)(C)C1)N(C)C. The summed E-state index contributed by atoms with van der Waals surface area (Å²) in [6.07, 6.45) is 2.26. The van der Waals surface area contributed by atoms with Crippen molar-refractivity contribution >= 4 is 0 Å². The fourth-order valence-corrected chi connectivity index (χ4v) is 1.93. The number of likely N-dealkylation sites (N-methyl/N-ethyl adjacent to an activating group) is 1. The number of hydrogen-bond donors (Lipinski definition) is 1. The minimum absolute atomic E-state index is 0.0528. The van der Waals surface area contributed by atoms with Gasteiger partial charge in [-0.1, -0.05) is 0 Å². The van der Waals surface area contributed by atoms with Crippen LogP contribution in [0, 0.1) is 0 Å². The van der Waals surface area contributed by atoms with E-state index in [0.717, 1.165) is 26.0 Å². The summed E-state index contributed by atoms with van der Waals surface area (Å²) in [5, 5.41) is 3.64. The van der Waals surface area contributed by atoms with Crippen molar-refractivity contribution in [2.75, 3.05) is 27.2 Å². The van der Waals surface area contributed by atoms with Crippen LogP contribution in [0.25, 0.3) is 0 Å². The molecular formula is C12H26N2O. The van der Waals surface area contributed by atoms with Gasteiger partial charge in [0, 0.05) is 25.2 Å². The smallest absolute Gasteiger partial charge is 0.0641 e. The van der Waals surface area contributed by atoms with E-state index < -0.39 is 0 Å². The topological polar surface area (TPSA) is 24.5 Å². The van der Waals surface area contributed by atoms with Crippen LogP contribution < -0.4 is 5.32 Å². The third-order valence-electron chi connectivity index (χ3n) is 3.28. The third-order valence-corrected chi connectivity index (χ3v) is 3.28. The van der Waals surface area contributed by atoms with Crippen molar-refractivity contribution in [1.82, 2.24) is 10.2 Å². The maximum Gasteiger partial charge on any atom is 0.0641 e. The summed E-state index contributed by atoms with van der Waals surface area (Å²) >= 11 is 0. The number of nitrogens with one attached hydrogen (secondary N) is 1. The molecule has 3 nitrogen and oxygen atoms in total. The fourth-order valence-electron chi connectivity index (χ4n) is 1.93. The first-order valence-corrected chi connectivity index (χ1v) is 5.94. The molecule has 1 heterocycles. The van der Waals surface area contributed by atoms with Gasteiger partial charge in [-0.15, -0.1) is 0 Å². The van der Waals surface area contributed by atoms with Crippen LogP contribution >= 0.6 is 0 Å². The predicted octanol–water partition coefficient (Wildman–Crippen LogP) is 1.48. The van der Waals surface area contributed by atoms with Gasteiger partial charge in [0.15, 0.2) is 0 Å². The molecule has 1 rings (SSSR count). The van der Waals surface area contributed by atoms with Gasteiger partial charge in [-0.3, -0.25) is 0 Å². The van der Waals surface area contributed by atoms with Crippen molar-refractivity contribution in [1.29, 1.82) is 0 Å². The second-order valence-electron chi connectivity index (χ2n) is 5.52. The highest BCUT2D eigenvalue weighted by Gasteiger charge is 2.28. The fraction of sp³-hybridized carbons (Fsp3) is 1.00. The summed E-state index contributed by atoms with van der Waals surface area (Å²) in [4.78, 5) is 2.25. The van der Waals surface area contributed by atoms with Gasteiger partial charge in [0.1, 0.15) is 0 Å². The van der Waals surface area contributed by atoms with E-state index in [0.29, 0.717) is 12.1 Å². The van der Waals surface area contributed by atoms with Crippen molar-refractivity contribution in [2.24, 2.45) is 0 Å². The molecule has 0 aromatic heterocycles. The number of hydrogen-bond acceptors (Lipinski definition) is 3. The number of ether oxygens (including phenoxy) is 1. The zero-order valence-electron chi connectivity index (χ0n) is 10.8. The van der Waals surface area contributed by atoms with E-state index in [1.54, 1.807) is 0 Å². The lowest BCUT2D eigenvalue weighted by Crippen LogP contribution is -2.47. The van der Waals surface area contributed by atoms with Crippen molar-refractivity contribution < 1.29 is 4.74 Å². The average molecular weight is 214 g/mol. The molecule has 1 aliphatic heterocycles. The van der Waals surface area contributed by atoms with Crippen LogP contribution in [-0.4, -0.2) is 49.8 Å². The second kappa shape index (κ2) is 5.28. The van der Waals surface area contributed by atoms with Crippen LogP contribution in [0.15, 0.2) is 0 Å². The van der Waals surface area contributed by atoms with Gasteiger partial charge in [0.2, 0.25) is 0 Å². The zero-order chi connectivity index (χ0) is 11.5. The number of rotatable bonds is 4. The Kier molecular flexibility index (Phi) is 4.56. The normalized spacial score (nSPS) is 28.0. The predicted molar refractivity (Wildman–Crippen MR) is 64.2 cm³/mol. The molecule has 0 bridgehead atoms. The van der Waals surface area contributed by atoms with Crippen LogP contribution in [0.3, 0.4) is 0 Å². The Morgan fingerprint density at radius 1 is 1.47 bits per heavy atom. The molecule has 0 spiro atoms. The Balaban J connectivity index is 2.27. The second-order valence-corrected chi connectivity index (χ2v) is 5.52. The molecule has 1 aliphatic rings. The van der Waals surface area contributed by atoms with Gasteiger partial charge in [-0.25, -0.2) is 0 Å². The molecule has 1 fully saturated rings. The maximum atomic E-state index is 5.70. The summed E-state index contributed by atoms with van der Waals surface area (Å²) in [5.74, 6) is 0. The van der Waals surface area contributed by atoms with Gasteiger partial charge in [0.25, 0.3) is 0 Å². The Hall–Kier alpha value is -0.120. The lowest BCUT2D eigenvalue weighted by Gasteiger charge is -2.36. The summed E-state index contributed by atoms with van der Waals surface area (Å²) in [6, 6.07) is 1.21. The third kappa shape index (κ3) is 4.49. The quantitative estimate of drug-likeness (QED) is 0.767. The molecule has 90 valence electrons. The Morgan fingerprint density at radius 2 is 2.13 bits per heavy atom. The molecule has 0 radical (unpaired) electrons. The van der Waals surface area contributed by atoms with E-state index in [9.17, 15) is 0 Å². The van der Waals surface area contributed by atoms with Crippen LogP contribution in [-0.2, 0) is 4.74 Å². The molecular weight excluding hydrogens is 188 g/mol. The summed E-state index contributed by atoms with van der Waals surface area (Å²) < 4.78 is 5.70. The van der Waals surface area contributed by atoms with Gasteiger partial charge in [0.05, 0.1) is 5.60 Å². The number of nitrogens with zero attached hydrogens (tertiary/aromatic N) is 1. The molecule has 0 amide bonds. The highest BCUT2D eigenvalue weighted by molar-refractivity contribution is 4.83. The van der Waals surface area contributed by atoms with Gasteiger partial charge in [-0.05, 0) is 47.7 Å². The summed E-state index contributed by atoms with van der Waals surface area (Å²) in [7, 11) is 4.25. The first kappa shape index (κ1) is 12.9. The molecule has 0 aromatic carbocycles. The van der Waals surface area contributed by atoms with E-state index in [-0.39, 0.29) is 5.60 Å².